The van der Waals surface area contributed by atoms with E-state index in [4.69, 9.17) is 4.99 Å². The normalized spacial score (nSPS) is 36.7. The Morgan fingerprint density at radius 2 is 2.05 bits per heavy atom. The zero-order valence-corrected chi connectivity index (χ0v) is 13.4. The highest BCUT2D eigenvalue weighted by atomic mass is 15.3. The first kappa shape index (κ1) is 13.9. The first-order chi connectivity index (χ1) is 10.3. The van der Waals surface area contributed by atoms with Crippen molar-refractivity contribution >= 4 is 5.96 Å². The third-order valence-corrected chi connectivity index (χ3v) is 5.95. The number of fused-ring (bicyclic) bond motifs is 3. The molecule has 4 fully saturated rings. The minimum absolute atomic E-state index is 0.875. The maximum Gasteiger partial charge on any atom is 0.193 e. The van der Waals surface area contributed by atoms with E-state index in [1.165, 1.54) is 64.2 Å². The molecule has 0 aromatic rings. The Hall–Kier alpha value is -0.770. The summed E-state index contributed by atoms with van der Waals surface area (Å²) in [5.74, 6) is 3.86. The maximum atomic E-state index is 4.91. The molecular weight excluding hydrogens is 260 g/mol. The molecular formula is C17H30N4. The second-order valence-corrected chi connectivity index (χ2v) is 7.52. The van der Waals surface area contributed by atoms with Crippen molar-refractivity contribution in [2.45, 2.75) is 45.1 Å². The van der Waals surface area contributed by atoms with E-state index >= 15 is 0 Å². The number of hydrogen-bond donors (Lipinski definition) is 1. The van der Waals surface area contributed by atoms with Crippen molar-refractivity contribution in [1.82, 2.24) is 15.1 Å². The van der Waals surface area contributed by atoms with Crippen LogP contribution in [0.5, 0.6) is 0 Å². The molecule has 21 heavy (non-hydrogen) atoms. The van der Waals surface area contributed by atoms with E-state index in [0.717, 1.165) is 36.9 Å². The van der Waals surface area contributed by atoms with Gasteiger partial charge in [-0.1, -0.05) is 6.42 Å². The van der Waals surface area contributed by atoms with Gasteiger partial charge in [0.15, 0.2) is 5.96 Å². The molecule has 0 bridgehead atoms. The van der Waals surface area contributed by atoms with E-state index in [0.29, 0.717) is 0 Å². The van der Waals surface area contributed by atoms with Crippen LogP contribution < -0.4 is 5.32 Å². The molecule has 1 saturated carbocycles. The summed E-state index contributed by atoms with van der Waals surface area (Å²) in [7, 11) is 0. The fourth-order valence-electron chi connectivity index (χ4n) is 4.67. The average Bonchev–Trinajstić information content (AvgIpc) is 3.13. The Balaban J connectivity index is 1.41. The summed E-state index contributed by atoms with van der Waals surface area (Å²) in [6.07, 6.45) is 7.09. The maximum absolute atomic E-state index is 4.91. The van der Waals surface area contributed by atoms with Gasteiger partial charge in [0.2, 0.25) is 0 Å². The van der Waals surface area contributed by atoms with Gasteiger partial charge in [-0.05, 0) is 56.9 Å². The van der Waals surface area contributed by atoms with Crippen LogP contribution in [0.4, 0.5) is 0 Å². The highest BCUT2D eigenvalue weighted by Crippen LogP contribution is 2.40. The molecule has 1 aliphatic carbocycles. The molecule has 3 aliphatic heterocycles. The summed E-state index contributed by atoms with van der Waals surface area (Å²) < 4.78 is 0. The van der Waals surface area contributed by atoms with E-state index in [2.05, 4.69) is 22.0 Å². The number of nitrogens with one attached hydrogen (secondary N) is 1. The first-order valence-electron chi connectivity index (χ1n) is 9.12. The number of hydrogen-bond acceptors (Lipinski definition) is 2. The van der Waals surface area contributed by atoms with Gasteiger partial charge in [-0.15, -0.1) is 0 Å². The van der Waals surface area contributed by atoms with Crippen molar-refractivity contribution < 1.29 is 0 Å². The van der Waals surface area contributed by atoms with Gasteiger partial charge in [-0.25, -0.2) is 0 Å². The van der Waals surface area contributed by atoms with E-state index in [9.17, 15) is 0 Å². The largest absolute Gasteiger partial charge is 0.357 e. The molecule has 4 nitrogen and oxygen atoms in total. The minimum Gasteiger partial charge on any atom is -0.357 e. The van der Waals surface area contributed by atoms with E-state index in [-0.39, 0.29) is 0 Å². The van der Waals surface area contributed by atoms with Gasteiger partial charge in [0.1, 0.15) is 0 Å². The lowest BCUT2D eigenvalue weighted by molar-refractivity contribution is 0.164. The van der Waals surface area contributed by atoms with E-state index in [1.807, 2.05) is 0 Å². The lowest BCUT2D eigenvalue weighted by Gasteiger charge is -2.33. The van der Waals surface area contributed by atoms with Gasteiger partial charge in [-0.2, -0.15) is 0 Å². The van der Waals surface area contributed by atoms with Crippen LogP contribution in [-0.2, 0) is 0 Å². The van der Waals surface area contributed by atoms with Gasteiger partial charge in [0.05, 0.1) is 0 Å². The lowest BCUT2D eigenvalue weighted by Crippen LogP contribution is -2.44. The van der Waals surface area contributed by atoms with Gasteiger partial charge in [0, 0.05) is 38.8 Å². The van der Waals surface area contributed by atoms with Gasteiger partial charge in [0.25, 0.3) is 0 Å². The molecule has 118 valence electrons. The molecule has 0 unspecified atom stereocenters. The zero-order chi connectivity index (χ0) is 14.2. The standard InChI is InChI=1S/C17H30N4/c1-2-18-17(19-9-13-6-7-13)21-11-14-10-20-8-4-3-5-16(20)15(14)12-21/h13-16H,2-12H2,1H3,(H,18,19)/t14-,15-,16+/m0/s1. The SMILES string of the molecule is CCNC(=NCC1CC1)N1C[C@@H]2CN3CCCC[C@@H]3[C@H]2C1. The third kappa shape index (κ3) is 2.79. The number of likely N-dealkylation sites (tertiary alicyclic amines) is 1. The second kappa shape index (κ2) is 5.79. The highest BCUT2D eigenvalue weighted by Gasteiger charge is 2.47. The van der Waals surface area contributed by atoms with Crippen molar-refractivity contribution in [3.05, 3.63) is 0 Å². The molecule has 3 atom stereocenters. The first-order valence-corrected chi connectivity index (χ1v) is 9.12. The van der Waals surface area contributed by atoms with Crippen molar-refractivity contribution in [3.63, 3.8) is 0 Å². The summed E-state index contributed by atoms with van der Waals surface area (Å²) in [5, 5.41) is 3.53. The minimum atomic E-state index is 0.875. The zero-order valence-electron chi connectivity index (χ0n) is 13.4. The summed E-state index contributed by atoms with van der Waals surface area (Å²) in [5.41, 5.74) is 0. The third-order valence-electron chi connectivity index (χ3n) is 5.95. The molecule has 0 spiro atoms. The number of piperidine rings is 1. The predicted molar refractivity (Wildman–Crippen MR) is 86.5 cm³/mol. The molecule has 0 aromatic carbocycles. The molecule has 0 aromatic heterocycles. The summed E-state index contributed by atoms with van der Waals surface area (Å²) >= 11 is 0. The van der Waals surface area contributed by atoms with Crippen molar-refractivity contribution in [3.8, 4) is 0 Å². The highest BCUT2D eigenvalue weighted by molar-refractivity contribution is 5.80. The molecule has 4 aliphatic rings. The second-order valence-electron chi connectivity index (χ2n) is 7.52. The molecule has 3 heterocycles. The van der Waals surface area contributed by atoms with Crippen LogP contribution >= 0.6 is 0 Å². The molecule has 4 heteroatoms. The molecule has 3 saturated heterocycles. The van der Waals surface area contributed by atoms with Crippen LogP contribution in [-0.4, -0.2) is 61.1 Å². The Labute approximate surface area is 129 Å². The topological polar surface area (TPSA) is 30.9 Å². The van der Waals surface area contributed by atoms with E-state index in [1.54, 1.807) is 0 Å². The van der Waals surface area contributed by atoms with Crippen molar-refractivity contribution in [2.24, 2.45) is 22.7 Å². The van der Waals surface area contributed by atoms with Crippen LogP contribution in [0.1, 0.15) is 39.0 Å². The molecule has 1 N–H and O–H groups in total. The Kier molecular flexibility index (Phi) is 3.82. The fourth-order valence-corrected chi connectivity index (χ4v) is 4.67. The smallest absolute Gasteiger partial charge is 0.193 e. The summed E-state index contributed by atoms with van der Waals surface area (Å²) in [4.78, 5) is 10.3. The van der Waals surface area contributed by atoms with Crippen LogP contribution in [0, 0.1) is 17.8 Å². The fraction of sp³-hybridized carbons (Fsp3) is 0.941. The average molecular weight is 290 g/mol. The van der Waals surface area contributed by atoms with Crippen molar-refractivity contribution in [1.29, 1.82) is 0 Å². The number of rotatable bonds is 3. The molecule has 4 rings (SSSR count). The molecule has 0 amide bonds. The quantitative estimate of drug-likeness (QED) is 0.635. The number of nitrogens with zero attached hydrogens (tertiary/aromatic N) is 3. The van der Waals surface area contributed by atoms with Gasteiger partial charge < -0.3 is 10.2 Å². The molecule has 0 radical (unpaired) electrons. The Bertz CT molecular complexity index is 404. The van der Waals surface area contributed by atoms with Crippen LogP contribution in [0.15, 0.2) is 4.99 Å². The van der Waals surface area contributed by atoms with Gasteiger partial charge >= 0.3 is 0 Å². The number of guanidine groups is 1. The van der Waals surface area contributed by atoms with Crippen LogP contribution in [0.2, 0.25) is 0 Å². The lowest BCUT2D eigenvalue weighted by atomic mass is 9.90. The van der Waals surface area contributed by atoms with E-state index < -0.39 is 0 Å². The Morgan fingerprint density at radius 1 is 1.14 bits per heavy atom. The summed E-state index contributed by atoms with van der Waals surface area (Å²) in [6, 6.07) is 0.875. The summed E-state index contributed by atoms with van der Waals surface area (Å²) in [6.45, 7) is 9.39. The van der Waals surface area contributed by atoms with Crippen LogP contribution in [0.25, 0.3) is 0 Å². The number of aliphatic imine (C=N–C) groups is 1. The van der Waals surface area contributed by atoms with Crippen LogP contribution in [0.3, 0.4) is 0 Å². The van der Waals surface area contributed by atoms with Gasteiger partial charge in [-0.3, -0.25) is 9.89 Å². The van der Waals surface area contributed by atoms with Crippen molar-refractivity contribution in [2.75, 3.05) is 39.3 Å². The predicted octanol–water partition coefficient (Wildman–Crippen LogP) is 1.78. The monoisotopic (exact) mass is 290 g/mol. The Morgan fingerprint density at radius 3 is 2.86 bits per heavy atom.